The van der Waals surface area contributed by atoms with E-state index in [1.54, 1.807) is 18.0 Å². The second kappa shape index (κ2) is 7.96. The number of aromatic nitrogens is 2. The Morgan fingerprint density at radius 1 is 1.19 bits per heavy atom. The lowest BCUT2D eigenvalue weighted by Gasteiger charge is -2.34. The number of fused-ring (bicyclic) bond motifs is 1. The van der Waals surface area contributed by atoms with E-state index in [9.17, 15) is 19.2 Å². The molecule has 1 aromatic heterocycles. The van der Waals surface area contributed by atoms with Crippen molar-refractivity contribution in [3.05, 3.63) is 46.4 Å². The number of piperidine rings is 1. The van der Waals surface area contributed by atoms with Gasteiger partial charge >= 0.3 is 11.8 Å². The van der Waals surface area contributed by atoms with Crippen molar-refractivity contribution in [2.24, 2.45) is 7.05 Å². The predicted molar refractivity (Wildman–Crippen MR) is 118 cm³/mol. The normalized spacial score (nSPS) is 21.7. The van der Waals surface area contributed by atoms with Crippen LogP contribution in [0.1, 0.15) is 57.7 Å². The van der Waals surface area contributed by atoms with Crippen LogP contribution < -0.4 is 11.0 Å². The van der Waals surface area contributed by atoms with Gasteiger partial charge in [0.1, 0.15) is 11.6 Å². The first kappa shape index (κ1) is 21.9. The number of imide groups is 1. The number of ether oxygens (including phenoxy) is 1. The van der Waals surface area contributed by atoms with Crippen LogP contribution in [0.5, 0.6) is 0 Å². The second-order valence-corrected chi connectivity index (χ2v) is 9.23. The van der Waals surface area contributed by atoms with E-state index >= 15 is 0 Å². The molecule has 0 spiro atoms. The molecule has 170 valence electrons. The van der Waals surface area contributed by atoms with Crippen molar-refractivity contribution in [2.45, 2.75) is 57.7 Å². The van der Waals surface area contributed by atoms with Gasteiger partial charge in [-0.15, -0.1) is 0 Å². The number of hydrogen-bond donors (Lipinski definition) is 1. The van der Waals surface area contributed by atoms with Crippen molar-refractivity contribution in [3.63, 3.8) is 0 Å². The standard InChI is InChI=1S/C23H28N4O5/c1-23(2,3)32-22(31)26-13-6-5-9-15(26)14-8-7-10-16-19(14)25(4)21(30)27(16)17-11-12-18(28)24-20(17)29/h5,7-10,15,17H,6,11-13H2,1-4H3,(H,24,28,29). The molecule has 0 radical (unpaired) electrons. The van der Waals surface area contributed by atoms with Crippen LogP contribution in [0.15, 0.2) is 35.1 Å². The van der Waals surface area contributed by atoms with Crippen LogP contribution in [0.25, 0.3) is 11.0 Å². The zero-order chi connectivity index (χ0) is 23.2. The molecule has 0 saturated carbocycles. The van der Waals surface area contributed by atoms with E-state index in [1.165, 1.54) is 9.13 Å². The van der Waals surface area contributed by atoms with Crippen molar-refractivity contribution >= 4 is 28.9 Å². The van der Waals surface area contributed by atoms with Crippen molar-refractivity contribution in [1.29, 1.82) is 0 Å². The van der Waals surface area contributed by atoms with Gasteiger partial charge in [-0.2, -0.15) is 0 Å². The number of nitrogens with zero attached hydrogens (tertiary/aromatic N) is 3. The third kappa shape index (κ3) is 3.83. The Hall–Kier alpha value is -3.36. The molecular formula is C23H28N4O5. The Balaban J connectivity index is 1.82. The molecule has 2 unspecified atom stereocenters. The minimum atomic E-state index is -0.761. The monoisotopic (exact) mass is 440 g/mol. The molecule has 32 heavy (non-hydrogen) atoms. The molecular weight excluding hydrogens is 412 g/mol. The summed E-state index contributed by atoms with van der Waals surface area (Å²) >= 11 is 0. The average molecular weight is 441 g/mol. The van der Waals surface area contributed by atoms with Crippen LogP contribution in [0.4, 0.5) is 4.79 Å². The average Bonchev–Trinajstić information content (AvgIpc) is 2.98. The summed E-state index contributed by atoms with van der Waals surface area (Å²) in [6.45, 7) is 5.97. The van der Waals surface area contributed by atoms with Gasteiger partial charge in [0.2, 0.25) is 11.8 Å². The van der Waals surface area contributed by atoms with Gasteiger partial charge in [-0.05, 0) is 39.7 Å². The van der Waals surface area contributed by atoms with Gasteiger partial charge in [-0.1, -0.05) is 24.3 Å². The van der Waals surface area contributed by atoms with Gasteiger partial charge in [0.25, 0.3) is 0 Å². The van der Waals surface area contributed by atoms with E-state index in [0.717, 1.165) is 5.56 Å². The number of para-hydroxylation sites is 1. The van der Waals surface area contributed by atoms with Crippen LogP contribution in [-0.2, 0) is 21.4 Å². The highest BCUT2D eigenvalue weighted by atomic mass is 16.6. The minimum Gasteiger partial charge on any atom is -0.444 e. The van der Waals surface area contributed by atoms with E-state index in [2.05, 4.69) is 5.32 Å². The molecule has 0 aliphatic carbocycles. The lowest BCUT2D eigenvalue weighted by molar-refractivity contribution is -0.135. The fraction of sp³-hybridized carbons (Fsp3) is 0.478. The number of amides is 3. The maximum Gasteiger partial charge on any atom is 0.411 e. The highest BCUT2D eigenvalue weighted by Crippen LogP contribution is 2.33. The summed E-state index contributed by atoms with van der Waals surface area (Å²) in [5.74, 6) is -0.810. The van der Waals surface area contributed by atoms with Crippen LogP contribution >= 0.6 is 0 Å². The maximum absolute atomic E-state index is 13.2. The smallest absolute Gasteiger partial charge is 0.411 e. The molecule has 2 atom stereocenters. The largest absolute Gasteiger partial charge is 0.444 e. The van der Waals surface area contributed by atoms with Gasteiger partial charge < -0.3 is 4.74 Å². The first-order valence-electron chi connectivity index (χ1n) is 10.8. The second-order valence-electron chi connectivity index (χ2n) is 9.23. The van der Waals surface area contributed by atoms with Crippen LogP contribution in [0, 0.1) is 0 Å². The predicted octanol–water partition coefficient (Wildman–Crippen LogP) is 2.56. The van der Waals surface area contributed by atoms with E-state index in [4.69, 9.17) is 4.74 Å². The first-order valence-corrected chi connectivity index (χ1v) is 10.8. The van der Waals surface area contributed by atoms with Gasteiger partial charge in [0.05, 0.1) is 17.1 Å². The number of carbonyl (C=O) groups is 3. The summed E-state index contributed by atoms with van der Waals surface area (Å²) in [6, 6.07) is 4.31. The molecule has 9 nitrogen and oxygen atoms in total. The Bertz CT molecular complexity index is 1180. The SMILES string of the molecule is Cn1c(=O)n(C2CCC(=O)NC2=O)c2cccc(C3C=CCCN3C(=O)OC(C)(C)C)c21. The van der Waals surface area contributed by atoms with Crippen LogP contribution in [-0.4, -0.2) is 44.1 Å². The molecule has 3 heterocycles. The molecule has 2 aliphatic rings. The highest BCUT2D eigenvalue weighted by molar-refractivity contribution is 6.00. The van der Waals surface area contributed by atoms with Crippen molar-refractivity contribution in [1.82, 2.24) is 19.4 Å². The quantitative estimate of drug-likeness (QED) is 0.571. The number of benzene rings is 1. The van der Waals surface area contributed by atoms with E-state index < -0.39 is 29.7 Å². The first-order chi connectivity index (χ1) is 15.1. The molecule has 1 N–H and O–H groups in total. The number of carbonyl (C=O) groups excluding carboxylic acids is 3. The lowest BCUT2D eigenvalue weighted by atomic mass is 9.99. The number of imidazole rings is 1. The third-order valence-corrected chi connectivity index (χ3v) is 5.79. The summed E-state index contributed by atoms with van der Waals surface area (Å²) in [7, 11) is 1.65. The molecule has 1 fully saturated rings. The molecule has 2 aliphatic heterocycles. The number of aryl methyl sites for hydroxylation is 1. The minimum absolute atomic E-state index is 0.177. The van der Waals surface area contributed by atoms with Crippen LogP contribution in [0.3, 0.4) is 0 Å². The van der Waals surface area contributed by atoms with Crippen molar-refractivity contribution < 1.29 is 19.1 Å². The lowest BCUT2D eigenvalue weighted by Crippen LogP contribution is -2.44. The molecule has 3 amide bonds. The molecule has 1 aromatic carbocycles. The van der Waals surface area contributed by atoms with Gasteiger partial charge in [0.15, 0.2) is 0 Å². The van der Waals surface area contributed by atoms with Gasteiger partial charge in [-0.3, -0.25) is 28.9 Å². The fourth-order valence-electron chi connectivity index (χ4n) is 4.42. The Kier molecular flexibility index (Phi) is 5.44. The van der Waals surface area contributed by atoms with Crippen molar-refractivity contribution in [3.8, 4) is 0 Å². The summed E-state index contributed by atoms with van der Waals surface area (Å²) < 4.78 is 8.57. The fourth-order valence-corrected chi connectivity index (χ4v) is 4.42. The number of rotatable bonds is 2. The summed E-state index contributed by atoms with van der Waals surface area (Å²) in [5.41, 5.74) is 1.04. The molecule has 4 rings (SSSR count). The molecule has 9 heteroatoms. The summed E-state index contributed by atoms with van der Waals surface area (Å²) in [5, 5.41) is 2.32. The molecule has 2 aromatic rings. The number of nitrogens with one attached hydrogen (secondary N) is 1. The zero-order valence-corrected chi connectivity index (χ0v) is 18.8. The van der Waals surface area contributed by atoms with E-state index in [0.29, 0.717) is 24.0 Å². The van der Waals surface area contributed by atoms with Crippen LogP contribution in [0.2, 0.25) is 0 Å². The maximum atomic E-state index is 13.2. The van der Waals surface area contributed by atoms with Gasteiger partial charge in [-0.25, -0.2) is 9.59 Å². The molecule has 1 saturated heterocycles. The molecule has 0 bridgehead atoms. The van der Waals surface area contributed by atoms with E-state index in [-0.39, 0.29) is 24.4 Å². The zero-order valence-electron chi connectivity index (χ0n) is 18.8. The number of hydrogen-bond acceptors (Lipinski definition) is 5. The summed E-state index contributed by atoms with van der Waals surface area (Å²) in [4.78, 5) is 51.8. The van der Waals surface area contributed by atoms with Gasteiger partial charge in [0, 0.05) is 25.6 Å². The Morgan fingerprint density at radius 2 is 1.94 bits per heavy atom. The summed E-state index contributed by atoms with van der Waals surface area (Å²) in [6.07, 6.45) is 4.69. The van der Waals surface area contributed by atoms with E-state index in [1.807, 2.05) is 45.1 Å². The Morgan fingerprint density at radius 3 is 2.62 bits per heavy atom. The third-order valence-electron chi connectivity index (χ3n) is 5.79. The topological polar surface area (TPSA) is 103 Å². The Labute approximate surface area is 185 Å². The van der Waals surface area contributed by atoms with Crippen molar-refractivity contribution in [2.75, 3.05) is 6.54 Å². The highest BCUT2D eigenvalue weighted by Gasteiger charge is 2.34.